The van der Waals surface area contributed by atoms with Gasteiger partial charge in [0.15, 0.2) is 11.7 Å². The maximum Gasteiger partial charge on any atom is 0.152 e. The van der Waals surface area contributed by atoms with E-state index in [-0.39, 0.29) is 11.4 Å². The van der Waals surface area contributed by atoms with E-state index in [0.717, 1.165) is 6.20 Å². The number of hydrogen-bond donors (Lipinski definition) is 2. The zero-order valence-corrected chi connectivity index (χ0v) is 8.97. The zero-order valence-electron chi connectivity index (χ0n) is 8.97. The number of benzene rings is 1. The number of para-hydroxylation sites is 1. The molecule has 5 heteroatoms. The fraction of sp³-hybridized carbons (Fsp3) is 0. The third-order valence-corrected chi connectivity index (χ3v) is 2.16. The Hall–Kier alpha value is -2.27. The summed E-state index contributed by atoms with van der Waals surface area (Å²) in [6, 6.07) is 10.7. The predicted molar refractivity (Wildman–Crippen MR) is 64.2 cm³/mol. The lowest BCUT2D eigenvalue weighted by molar-refractivity contribution is 0.617. The Morgan fingerprint density at radius 1 is 1.24 bits per heavy atom. The second-order valence-electron chi connectivity index (χ2n) is 3.30. The van der Waals surface area contributed by atoms with Crippen LogP contribution in [0.1, 0.15) is 5.56 Å². The summed E-state index contributed by atoms with van der Waals surface area (Å²) < 4.78 is 13.5. The van der Waals surface area contributed by atoms with Crippen molar-refractivity contribution in [2.75, 3.05) is 0 Å². The van der Waals surface area contributed by atoms with E-state index in [1.807, 2.05) is 18.2 Å². The van der Waals surface area contributed by atoms with Crippen molar-refractivity contribution in [2.45, 2.75) is 0 Å². The summed E-state index contributed by atoms with van der Waals surface area (Å²) in [5.41, 5.74) is 3.36. The molecule has 0 unspecified atom stereocenters. The highest BCUT2D eigenvalue weighted by Gasteiger charge is 2.07. The normalized spacial score (nSPS) is 11.3. The fourth-order valence-corrected chi connectivity index (χ4v) is 1.37. The average molecular weight is 230 g/mol. The molecule has 3 N–H and O–H groups in total. The van der Waals surface area contributed by atoms with Crippen LogP contribution in [0.3, 0.4) is 0 Å². The number of aromatic nitrogens is 1. The standard InChI is InChI=1S/C12H11FN4/c13-11-8-15-7-6-10(11)12(17-14)16-9-4-2-1-3-5-9/h1-8H,14H2,(H,16,17). The second-order valence-corrected chi connectivity index (χ2v) is 3.30. The third-order valence-electron chi connectivity index (χ3n) is 2.16. The zero-order chi connectivity index (χ0) is 12.1. The molecule has 86 valence electrons. The minimum Gasteiger partial charge on any atom is -0.308 e. The molecule has 0 saturated carbocycles. The van der Waals surface area contributed by atoms with Gasteiger partial charge in [0.2, 0.25) is 0 Å². The van der Waals surface area contributed by atoms with E-state index in [1.165, 1.54) is 12.3 Å². The molecular weight excluding hydrogens is 219 g/mol. The molecule has 1 heterocycles. The summed E-state index contributed by atoms with van der Waals surface area (Å²) in [5, 5.41) is 0. The van der Waals surface area contributed by atoms with E-state index < -0.39 is 5.82 Å². The van der Waals surface area contributed by atoms with E-state index in [2.05, 4.69) is 15.4 Å². The van der Waals surface area contributed by atoms with Crippen LogP contribution in [0.4, 0.5) is 10.1 Å². The topological polar surface area (TPSA) is 63.3 Å². The molecule has 2 aromatic rings. The van der Waals surface area contributed by atoms with E-state index in [1.54, 1.807) is 12.1 Å². The van der Waals surface area contributed by atoms with E-state index in [4.69, 9.17) is 5.84 Å². The van der Waals surface area contributed by atoms with Crippen LogP contribution in [0.2, 0.25) is 0 Å². The van der Waals surface area contributed by atoms with Gasteiger partial charge in [0.1, 0.15) is 0 Å². The monoisotopic (exact) mass is 230 g/mol. The molecule has 0 aliphatic rings. The number of nitrogens with two attached hydrogens (primary N) is 1. The van der Waals surface area contributed by atoms with Gasteiger partial charge in [0, 0.05) is 6.20 Å². The first-order valence-electron chi connectivity index (χ1n) is 5.01. The first-order valence-corrected chi connectivity index (χ1v) is 5.01. The number of amidine groups is 1. The molecule has 0 bridgehead atoms. The molecule has 2 rings (SSSR count). The number of halogens is 1. The highest BCUT2D eigenvalue weighted by Crippen LogP contribution is 2.13. The van der Waals surface area contributed by atoms with Crippen molar-refractivity contribution >= 4 is 11.5 Å². The Morgan fingerprint density at radius 2 is 2.00 bits per heavy atom. The molecule has 0 fully saturated rings. The number of hydrazine groups is 1. The Balaban J connectivity index is 2.41. The van der Waals surface area contributed by atoms with Crippen LogP contribution in [0.15, 0.2) is 53.8 Å². The molecule has 0 amide bonds. The van der Waals surface area contributed by atoms with Crippen LogP contribution in [0.25, 0.3) is 0 Å². The lowest BCUT2D eigenvalue weighted by Gasteiger charge is -2.06. The van der Waals surface area contributed by atoms with Gasteiger partial charge in [-0.1, -0.05) is 18.2 Å². The van der Waals surface area contributed by atoms with Crippen molar-refractivity contribution in [3.63, 3.8) is 0 Å². The minimum absolute atomic E-state index is 0.260. The lowest BCUT2D eigenvalue weighted by Crippen LogP contribution is -2.31. The van der Waals surface area contributed by atoms with Crippen molar-refractivity contribution < 1.29 is 4.39 Å². The number of pyridine rings is 1. The van der Waals surface area contributed by atoms with E-state index in [0.29, 0.717) is 5.69 Å². The number of hydrogen-bond acceptors (Lipinski definition) is 3. The number of nitrogens with zero attached hydrogens (tertiary/aromatic N) is 2. The van der Waals surface area contributed by atoms with Gasteiger partial charge in [-0.3, -0.25) is 4.98 Å². The number of nitrogens with one attached hydrogen (secondary N) is 1. The molecule has 17 heavy (non-hydrogen) atoms. The van der Waals surface area contributed by atoms with E-state index >= 15 is 0 Å². The van der Waals surface area contributed by atoms with Gasteiger partial charge in [0.05, 0.1) is 17.4 Å². The van der Waals surface area contributed by atoms with Crippen LogP contribution in [-0.2, 0) is 0 Å². The summed E-state index contributed by atoms with van der Waals surface area (Å²) in [6.07, 6.45) is 2.60. The second kappa shape index (κ2) is 5.18. The summed E-state index contributed by atoms with van der Waals surface area (Å²) >= 11 is 0. The van der Waals surface area contributed by atoms with Crippen LogP contribution >= 0.6 is 0 Å². The van der Waals surface area contributed by atoms with Gasteiger partial charge >= 0.3 is 0 Å². The van der Waals surface area contributed by atoms with Gasteiger partial charge < -0.3 is 5.43 Å². The molecule has 0 saturated heterocycles. The highest BCUT2D eigenvalue weighted by molar-refractivity contribution is 6.00. The summed E-state index contributed by atoms with van der Waals surface area (Å²) in [7, 11) is 0. The molecule has 0 aliphatic carbocycles. The van der Waals surface area contributed by atoms with Crippen molar-refractivity contribution in [2.24, 2.45) is 10.8 Å². The Morgan fingerprint density at radius 3 is 2.65 bits per heavy atom. The molecule has 0 aliphatic heterocycles. The van der Waals surface area contributed by atoms with Crippen molar-refractivity contribution in [3.8, 4) is 0 Å². The third kappa shape index (κ3) is 2.64. The first-order chi connectivity index (χ1) is 8.31. The van der Waals surface area contributed by atoms with Crippen molar-refractivity contribution in [1.82, 2.24) is 10.4 Å². The Kier molecular flexibility index (Phi) is 3.42. The van der Waals surface area contributed by atoms with Crippen molar-refractivity contribution in [3.05, 3.63) is 60.2 Å². The number of rotatable bonds is 2. The van der Waals surface area contributed by atoms with Crippen LogP contribution in [0.5, 0.6) is 0 Å². The molecule has 4 nitrogen and oxygen atoms in total. The molecule has 0 radical (unpaired) electrons. The van der Waals surface area contributed by atoms with Crippen LogP contribution in [-0.4, -0.2) is 10.8 Å². The molecule has 0 atom stereocenters. The average Bonchev–Trinajstić information content (AvgIpc) is 2.38. The highest BCUT2D eigenvalue weighted by atomic mass is 19.1. The van der Waals surface area contributed by atoms with E-state index in [9.17, 15) is 4.39 Å². The lowest BCUT2D eigenvalue weighted by atomic mass is 10.2. The summed E-state index contributed by atoms with van der Waals surface area (Å²) in [6.45, 7) is 0. The fourth-order valence-electron chi connectivity index (χ4n) is 1.37. The quantitative estimate of drug-likeness (QED) is 0.357. The number of aliphatic imine (C=N–C) groups is 1. The summed E-state index contributed by atoms with van der Waals surface area (Å²) in [4.78, 5) is 7.89. The SMILES string of the molecule is NNC(=Nc1ccccc1)c1ccncc1F. The van der Waals surface area contributed by atoms with Gasteiger partial charge in [-0.05, 0) is 18.2 Å². The minimum atomic E-state index is -0.472. The van der Waals surface area contributed by atoms with Gasteiger partial charge in [0.25, 0.3) is 0 Å². The van der Waals surface area contributed by atoms with Crippen LogP contribution < -0.4 is 11.3 Å². The smallest absolute Gasteiger partial charge is 0.152 e. The van der Waals surface area contributed by atoms with Crippen molar-refractivity contribution in [1.29, 1.82) is 0 Å². The van der Waals surface area contributed by atoms with Crippen LogP contribution in [0, 0.1) is 5.82 Å². The Bertz CT molecular complexity index is 525. The van der Waals surface area contributed by atoms with Gasteiger partial charge in [-0.25, -0.2) is 15.2 Å². The maximum absolute atomic E-state index is 13.5. The molecule has 1 aromatic carbocycles. The van der Waals surface area contributed by atoms with Gasteiger partial charge in [-0.2, -0.15) is 0 Å². The Labute approximate surface area is 98.0 Å². The molecular formula is C12H11FN4. The molecule has 1 aromatic heterocycles. The van der Waals surface area contributed by atoms with Gasteiger partial charge in [-0.15, -0.1) is 0 Å². The first kappa shape index (κ1) is 11.2. The predicted octanol–water partition coefficient (Wildman–Crippen LogP) is 1.76. The molecule has 0 spiro atoms. The maximum atomic E-state index is 13.5. The summed E-state index contributed by atoms with van der Waals surface area (Å²) in [5.74, 6) is 5.14. The largest absolute Gasteiger partial charge is 0.308 e.